The van der Waals surface area contributed by atoms with Gasteiger partial charge in [0.15, 0.2) is 6.29 Å². The largest absolute Gasteiger partial charge is 0.386 e. The van der Waals surface area contributed by atoms with Crippen molar-refractivity contribution < 1.29 is 23.4 Å². The third kappa shape index (κ3) is 6.59. The maximum absolute atomic E-state index is 15.0. The van der Waals surface area contributed by atoms with E-state index in [0.29, 0.717) is 25.6 Å². The number of aromatic nitrogens is 3. The molecule has 4 rings (SSSR count). The normalized spacial score (nSPS) is 38.0. The Hall–Kier alpha value is -1.03. The summed E-state index contributed by atoms with van der Waals surface area (Å²) in [6.07, 6.45) is 9.75. The van der Waals surface area contributed by atoms with Gasteiger partial charge in [0.25, 0.3) is 0 Å². The van der Waals surface area contributed by atoms with Gasteiger partial charge >= 0.3 is 0 Å². The summed E-state index contributed by atoms with van der Waals surface area (Å²) in [5.41, 5.74) is -1.40. The zero-order valence-corrected chi connectivity index (χ0v) is 21.1. The minimum atomic E-state index is -1.40. The van der Waals surface area contributed by atoms with Gasteiger partial charge in [-0.25, -0.2) is 13.8 Å². The van der Waals surface area contributed by atoms with E-state index in [1.54, 1.807) is 11.8 Å². The van der Waals surface area contributed by atoms with E-state index >= 15 is 0 Å². The second-order valence-electron chi connectivity index (χ2n) is 10.5. The lowest BCUT2D eigenvalue weighted by Crippen LogP contribution is -2.55. The van der Waals surface area contributed by atoms with Crippen LogP contribution < -0.4 is 0 Å². The van der Waals surface area contributed by atoms with E-state index in [1.165, 1.54) is 43.0 Å². The van der Waals surface area contributed by atoms with E-state index in [-0.39, 0.29) is 36.2 Å². The van der Waals surface area contributed by atoms with Crippen LogP contribution in [0, 0.1) is 17.8 Å². The van der Waals surface area contributed by atoms with E-state index in [9.17, 15) is 13.9 Å². The van der Waals surface area contributed by atoms with Gasteiger partial charge in [-0.3, -0.25) is 4.68 Å². The number of thioether (sulfide) groups is 1. The van der Waals surface area contributed by atoms with E-state index < -0.39 is 23.9 Å². The summed E-state index contributed by atoms with van der Waals surface area (Å²) in [7, 11) is 0. The fourth-order valence-corrected chi connectivity index (χ4v) is 6.95. The van der Waals surface area contributed by atoms with Gasteiger partial charge in [0.1, 0.15) is 30.6 Å². The molecule has 0 aromatic carbocycles. The number of halogens is 2. The lowest BCUT2D eigenvalue weighted by Gasteiger charge is -2.45. The summed E-state index contributed by atoms with van der Waals surface area (Å²) in [6, 6.07) is 0. The van der Waals surface area contributed by atoms with Crippen LogP contribution in [0.4, 0.5) is 8.78 Å². The highest BCUT2D eigenvalue weighted by molar-refractivity contribution is 8.00. The Balaban J connectivity index is 1.33. The van der Waals surface area contributed by atoms with Crippen LogP contribution in [-0.2, 0) is 16.0 Å². The van der Waals surface area contributed by atoms with Gasteiger partial charge in [-0.05, 0) is 43.6 Å². The number of alkyl halides is 2. The predicted molar refractivity (Wildman–Crippen MR) is 129 cm³/mol. The first-order valence-electron chi connectivity index (χ1n) is 12.7. The molecule has 0 amide bonds. The molecule has 2 saturated carbocycles. The highest BCUT2D eigenvalue weighted by Gasteiger charge is 2.49. The fourth-order valence-electron chi connectivity index (χ4n) is 5.57. The molecule has 192 valence electrons. The monoisotopic (exact) mass is 499 g/mol. The maximum Gasteiger partial charge on any atom is 0.176 e. The van der Waals surface area contributed by atoms with Gasteiger partial charge in [0, 0.05) is 17.6 Å². The van der Waals surface area contributed by atoms with Gasteiger partial charge in [-0.1, -0.05) is 32.8 Å². The molecule has 2 aliphatic carbocycles. The first-order valence-corrected chi connectivity index (χ1v) is 13.7. The molecule has 3 aliphatic rings. The van der Waals surface area contributed by atoms with Gasteiger partial charge in [-0.2, -0.15) is 5.10 Å². The average Bonchev–Trinajstić information content (AvgIpc) is 3.32. The van der Waals surface area contributed by atoms with Crippen LogP contribution >= 0.6 is 11.8 Å². The SMILES string of the molecule is CC1CCC(/C=C/C2OCC(SC(C)C(O)(Cn3cncn3)C3CCC(F)CC3F)CO2)CC1. The third-order valence-electron chi connectivity index (χ3n) is 7.83. The summed E-state index contributed by atoms with van der Waals surface area (Å²) in [6.45, 7) is 5.34. The van der Waals surface area contributed by atoms with Crippen molar-refractivity contribution in [2.75, 3.05) is 13.2 Å². The van der Waals surface area contributed by atoms with Crippen molar-refractivity contribution in [3.63, 3.8) is 0 Å². The van der Waals surface area contributed by atoms with Crippen molar-refractivity contribution >= 4 is 11.8 Å². The van der Waals surface area contributed by atoms with Crippen molar-refractivity contribution in [3.8, 4) is 0 Å². The van der Waals surface area contributed by atoms with Crippen LogP contribution in [0.15, 0.2) is 24.8 Å². The van der Waals surface area contributed by atoms with E-state index in [2.05, 4.69) is 23.1 Å². The summed E-state index contributed by atoms with van der Waals surface area (Å²) in [5, 5.41) is 15.6. The molecule has 5 atom stereocenters. The number of hydrogen-bond donors (Lipinski definition) is 1. The molecule has 3 fully saturated rings. The zero-order chi connectivity index (χ0) is 24.1. The Morgan fingerprint density at radius 3 is 2.53 bits per heavy atom. The Bertz CT molecular complexity index is 769. The first-order chi connectivity index (χ1) is 16.3. The van der Waals surface area contributed by atoms with Crippen LogP contribution in [0.2, 0.25) is 0 Å². The molecule has 2 heterocycles. The number of nitrogens with zero attached hydrogens (tertiary/aromatic N) is 3. The molecule has 0 radical (unpaired) electrons. The zero-order valence-electron chi connectivity index (χ0n) is 20.3. The molecule has 1 N–H and O–H groups in total. The average molecular weight is 500 g/mol. The minimum absolute atomic E-state index is 0.0213. The molecule has 1 aromatic heterocycles. The summed E-state index contributed by atoms with van der Waals surface area (Å²) >= 11 is 1.55. The van der Waals surface area contributed by atoms with Crippen LogP contribution in [0.25, 0.3) is 0 Å². The molecule has 1 aliphatic heterocycles. The quantitative estimate of drug-likeness (QED) is 0.522. The third-order valence-corrected chi connectivity index (χ3v) is 9.30. The van der Waals surface area contributed by atoms with Crippen molar-refractivity contribution in [1.29, 1.82) is 0 Å². The fraction of sp³-hybridized carbons (Fsp3) is 0.840. The van der Waals surface area contributed by atoms with Crippen molar-refractivity contribution in [2.24, 2.45) is 17.8 Å². The Morgan fingerprint density at radius 2 is 1.88 bits per heavy atom. The minimum Gasteiger partial charge on any atom is -0.386 e. The second kappa shape index (κ2) is 11.8. The van der Waals surface area contributed by atoms with Crippen molar-refractivity contribution in [2.45, 2.75) is 100 Å². The van der Waals surface area contributed by atoms with Gasteiger partial charge in [-0.15, -0.1) is 11.8 Å². The molecule has 1 saturated heterocycles. The summed E-state index contributed by atoms with van der Waals surface area (Å²) in [4.78, 5) is 3.95. The maximum atomic E-state index is 15.0. The highest BCUT2D eigenvalue weighted by atomic mass is 32.2. The lowest BCUT2D eigenvalue weighted by atomic mass is 9.73. The van der Waals surface area contributed by atoms with Crippen LogP contribution in [0.1, 0.15) is 58.8 Å². The molecule has 0 bridgehead atoms. The predicted octanol–water partition coefficient (Wildman–Crippen LogP) is 4.73. The molecule has 0 spiro atoms. The van der Waals surface area contributed by atoms with Gasteiger partial charge in [0.05, 0.1) is 25.0 Å². The van der Waals surface area contributed by atoms with Crippen LogP contribution in [-0.4, -0.2) is 67.8 Å². The number of aliphatic hydroxyl groups is 1. The summed E-state index contributed by atoms with van der Waals surface area (Å²) < 4.78 is 42.2. The Kier molecular flexibility index (Phi) is 9.04. The molecular weight excluding hydrogens is 460 g/mol. The molecule has 5 unspecified atom stereocenters. The molecule has 34 heavy (non-hydrogen) atoms. The van der Waals surface area contributed by atoms with Gasteiger partial charge < -0.3 is 14.6 Å². The second-order valence-corrected chi connectivity index (χ2v) is 12.1. The van der Waals surface area contributed by atoms with Gasteiger partial charge in [0.2, 0.25) is 0 Å². The number of ether oxygens (including phenoxy) is 2. The standard InChI is InChI=1S/C25H39F2N3O3S/c1-17-3-5-19(6-4-17)7-10-24-32-12-21(13-33-24)34-18(2)25(31,14-30-16-28-15-29-30)22-9-8-20(26)11-23(22)27/h7,10,15-24,31H,3-6,8-9,11-14H2,1-2H3/b10-7+. The first kappa shape index (κ1) is 26.0. The van der Waals surface area contributed by atoms with E-state index in [0.717, 1.165) is 5.92 Å². The Labute approximate surface area is 205 Å². The number of hydrogen-bond acceptors (Lipinski definition) is 6. The molecular formula is C25H39F2N3O3S. The molecule has 9 heteroatoms. The highest BCUT2D eigenvalue weighted by Crippen LogP contribution is 2.43. The topological polar surface area (TPSA) is 69.4 Å². The van der Waals surface area contributed by atoms with E-state index in [1.807, 2.05) is 13.0 Å². The van der Waals surface area contributed by atoms with Crippen molar-refractivity contribution in [3.05, 3.63) is 24.8 Å². The van der Waals surface area contributed by atoms with Crippen LogP contribution in [0.3, 0.4) is 0 Å². The van der Waals surface area contributed by atoms with Crippen molar-refractivity contribution in [1.82, 2.24) is 14.8 Å². The van der Waals surface area contributed by atoms with E-state index in [4.69, 9.17) is 9.47 Å². The molecule has 6 nitrogen and oxygen atoms in total. The lowest BCUT2D eigenvalue weighted by molar-refractivity contribution is -0.147. The summed E-state index contributed by atoms with van der Waals surface area (Å²) in [5.74, 6) is 0.774. The number of rotatable bonds is 8. The number of allylic oxidation sites excluding steroid dienone is 1. The molecule has 1 aromatic rings. The Morgan fingerprint density at radius 1 is 1.15 bits per heavy atom. The van der Waals surface area contributed by atoms with Crippen LogP contribution in [0.5, 0.6) is 0 Å². The smallest absolute Gasteiger partial charge is 0.176 e.